The fraction of sp³-hybridized carbons (Fsp3) is 0.125. The van der Waals surface area contributed by atoms with Crippen molar-refractivity contribution in [2.24, 2.45) is 9.98 Å². The molecule has 0 N–H and O–H groups in total. The van der Waals surface area contributed by atoms with Gasteiger partial charge in [-0.2, -0.15) is 0 Å². The summed E-state index contributed by atoms with van der Waals surface area (Å²) >= 11 is 11.9. The second-order valence-electron chi connectivity index (χ2n) is 4.64. The molecular weight excluding hydrogens is 291 g/mol. The van der Waals surface area contributed by atoms with Crippen LogP contribution in [0.3, 0.4) is 0 Å². The molecule has 0 saturated heterocycles. The lowest BCUT2D eigenvalue weighted by molar-refractivity contribution is 0.880. The summed E-state index contributed by atoms with van der Waals surface area (Å²) in [6.45, 7) is 0. The van der Waals surface area contributed by atoms with Gasteiger partial charge in [0.2, 0.25) is 0 Å². The van der Waals surface area contributed by atoms with E-state index in [1.54, 1.807) is 0 Å². The van der Waals surface area contributed by atoms with Crippen molar-refractivity contribution in [3.05, 3.63) is 69.7 Å². The van der Waals surface area contributed by atoms with E-state index in [0.29, 0.717) is 5.02 Å². The van der Waals surface area contributed by atoms with Crippen LogP contribution in [0.4, 0.5) is 0 Å². The quantitative estimate of drug-likeness (QED) is 0.801. The molecule has 0 spiro atoms. The molecular formula is C16H12Cl2N2. The summed E-state index contributed by atoms with van der Waals surface area (Å²) in [5.41, 5.74) is 2.15. The third kappa shape index (κ3) is 3.09. The van der Waals surface area contributed by atoms with Gasteiger partial charge in [-0.3, -0.25) is 4.99 Å². The Bertz CT molecular complexity index is 675. The molecule has 0 aliphatic carbocycles. The molecule has 1 heterocycles. The van der Waals surface area contributed by atoms with Gasteiger partial charge in [0.1, 0.15) is 0 Å². The molecule has 3 rings (SSSR count). The minimum Gasteiger partial charge on any atom is -0.257 e. The molecule has 2 aromatic rings. The molecule has 0 radical (unpaired) electrons. The predicted molar refractivity (Wildman–Crippen MR) is 85.4 cm³/mol. The molecule has 1 unspecified atom stereocenters. The average molecular weight is 303 g/mol. The first-order valence-electron chi connectivity index (χ1n) is 6.33. The Balaban J connectivity index is 1.75. The second kappa shape index (κ2) is 5.78. The lowest BCUT2D eigenvalue weighted by atomic mass is 10.1. The maximum absolute atomic E-state index is 5.98. The van der Waals surface area contributed by atoms with E-state index in [1.165, 1.54) is 5.56 Å². The van der Waals surface area contributed by atoms with Crippen LogP contribution in [0.1, 0.15) is 11.1 Å². The Labute approximate surface area is 127 Å². The number of hydrogen-bond donors (Lipinski definition) is 0. The van der Waals surface area contributed by atoms with Gasteiger partial charge in [0.15, 0.2) is 5.84 Å². The zero-order valence-electron chi connectivity index (χ0n) is 10.6. The first-order chi connectivity index (χ1) is 9.70. The van der Waals surface area contributed by atoms with E-state index in [1.807, 2.05) is 54.7 Å². The standard InChI is InChI=1S/C16H12Cl2N2/c17-13-6-4-11(5-7-13)8-15-10-19-16(20-15)12-2-1-3-14(18)9-12/h1-7,9-10,15H,8H2. The van der Waals surface area contributed by atoms with E-state index in [4.69, 9.17) is 23.2 Å². The lowest BCUT2D eigenvalue weighted by Gasteiger charge is -2.04. The number of nitrogens with zero attached hydrogens (tertiary/aromatic N) is 2. The largest absolute Gasteiger partial charge is 0.257 e. The van der Waals surface area contributed by atoms with Crippen LogP contribution in [0.25, 0.3) is 0 Å². The minimum absolute atomic E-state index is 0.0742. The monoisotopic (exact) mass is 302 g/mol. The molecule has 2 nitrogen and oxygen atoms in total. The van der Waals surface area contributed by atoms with Crippen LogP contribution >= 0.6 is 23.2 Å². The summed E-state index contributed by atoms with van der Waals surface area (Å²) in [6.07, 6.45) is 2.70. The molecule has 0 saturated carbocycles. The van der Waals surface area contributed by atoms with Gasteiger partial charge in [0, 0.05) is 21.8 Å². The van der Waals surface area contributed by atoms with Crippen LogP contribution in [0.2, 0.25) is 10.0 Å². The maximum atomic E-state index is 5.98. The maximum Gasteiger partial charge on any atom is 0.154 e. The summed E-state index contributed by atoms with van der Waals surface area (Å²) in [5.74, 6) is 0.742. The molecule has 4 heteroatoms. The molecule has 0 aromatic heterocycles. The van der Waals surface area contributed by atoms with Crippen LogP contribution in [-0.2, 0) is 6.42 Å². The Kier molecular flexibility index (Phi) is 3.86. The summed E-state index contributed by atoms with van der Waals surface area (Å²) in [7, 11) is 0. The Morgan fingerprint density at radius 3 is 2.50 bits per heavy atom. The van der Waals surface area contributed by atoms with E-state index in [-0.39, 0.29) is 6.04 Å². The van der Waals surface area contributed by atoms with Gasteiger partial charge >= 0.3 is 0 Å². The number of benzene rings is 2. The topological polar surface area (TPSA) is 24.7 Å². The normalized spacial score (nSPS) is 17.3. The second-order valence-corrected chi connectivity index (χ2v) is 5.51. The third-order valence-corrected chi connectivity index (χ3v) is 3.58. The Morgan fingerprint density at radius 2 is 1.75 bits per heavy atom. The zero-order valence-corrected chi connectivity index (χ0v) is 12.1. The van der Waals surface area contributed by atoms with Gasteiger partial charge in [-0.1, -0.05) is 47.5 Å². The summed E-state index contributed by atoms with van der Waals surface area (Å²) in [4.78, 5) is 9.00. The van der Waals surface area contributed by atoms with Crippen molar-refractivity contribution in [2.45, 2.75) is 12.5 Å². The van der Waals surface area contributed by atoms with Crippen LogP contribution in [-0.4, -0.2) is 18.1 Å². The highest BCUT2D eigenvalue weighted by Gasteiger charge is 2.14. The molecule has 0 amide bonds. The van der Waals surface area contributed by atoms with E-state index < -0.39 is 0 Å². The van der Waals surface area contributed by atoms with Gasteiger partial charge in [-0.05, 0) is 36.2 Å². The minimum atomic E-state index is 0.0742. The first kappa shape index (κ1) is 13.3. The van der Waals surface area contributed by atoms with Crippen molar-refractivity contribution in [3.8, 4) is 0 Å². The van der Waals surface area contributed by atoms with E-state index >= 15 is 0 Å². The van der Waals surface area contributed by atoms with Gasteiger partial charge in [-0.25, -0.2) is 4.99 Å². The number of hydrogen-bond acceptors (Lipinski definition) is 2. The number of rotatable bonds is 3. The Hall–Kier alpha value is -1.64. The number of halogens is 2. The molecule has 1 atom stereocenters. The average Bonchev–Trinajstić information content (AvgIpc) is 2.90. The van der Waals surface area contributed by atoms with Crippen LogP contribution in [0.15, 0.2) is 58.5 Å². The van der Waals surface area contributed by atoms with Crippen LogP contribution < -0.4 is 0 Å². The third-order valence-electron chi connectivity index (χ3n) is 3.10. The van der Waals surface area contributed by atoms with Crippen LogP contribution in [0, 0.1) is 0 Å². The van der Waals surface area contributed by atoms with E-state index in [9.17, 15) is 0 Å². The van der Waals surface area contributed by atoms with Gasteiger partial charge in [-0.15, -0.1) is 0 Å². The van der Waals surface area contributed by atoms with Crippen LogP contribution in [0.5, 0.6) is 0 Å². The molecule has 0 bridgehead atoms. The van der Waals surface area contributed by atoms with Crippen molar-refractivity contribution in [1.82, 2.24) is 0 Å². The van der Waals surface area contributed by atoms with Crippen molar-refractivity contribution >= 4 is 35.3 Å². The Morgan fingerprint density at radius 1 is 0.950 bits per heavy atom. The smallest absolute Gasteiger partial charge is 0.154 e. The first-order valence-corrected chi connectivity index (χ1v) is 7.09. The highest BCUT2D eigenvalue weighted by atomic mass is 35.5. The lowest BCUT2D eigenvalue weighted by Crippen LogP contribution is -2.07. The highest BCUT2D eigenvalue weighted by Crippen LogP contribution is 2.17. The fourth-order valence-electron chi connectivity index (χ4n) is 2.12. The molecule has 20 heavy (non-hydrogen) atoms. The molecule has 1 aliphatic rings. The highest BCUT2D eigenvalue weighted by molar-refractivity contribution is 6.31. The van der Waals surface area contributed by atoms with Crippen molar-refractivity contribution in [3.63, 3.8) is 0 Å². The SMILES string of the molecule is Clc1ccc(CC2C=NC(c3cccc(Cl)c3)=N2)cc1. The van der Waals surface area contributed by atoms with Crippen molar-refractivity contribution in [2.75, 3.05) is 0 Å². The summed E-state index contributed by atoms with van der Waals surface area (Å²) in [5, 5.41) is 1.44. The zero-order chi connectivity index (χ0) is 13.9. The molecule has 100 valence electrons. The fourth-order valence-corrected chi connectivity index (χ4v) is 2.43. The summed E-state index contributed by atoms with van der Waals surface area (Å²) < 4.78 is 0. The van der Waals surface area contributed by atoms with E-state index in [0.717, 1.165) is 22.8 Å². The summed E-state index contributed by atoms with van der Waals surface area (Å²) in [6, 6.07) is 15.5. The molecule has 1 aliphatic heterocycles. The van der Waals surface area contributed by atoms with Crippen molar-refractivity contribution in [1.29, 1.82) is 0 Å². The van der Waals surface area contributed by atoms with E-state index in [2.05, 4.69) is 9.98 Å². The van der Waals surface area contributed by atoms with Gasteiger partial charge < -0.3 is 0 Å². The number of amidine groups is 1. The molecule has 0 fully saturated rings. The molecule has 2 aromatic carbocycles. The van der Waals surface area contributed by atoms with Gasteiger partial charge in [0.05, 0.1) is 6.04 Å². The predicted octanol–water partition coefficient (Wildman–Crippen LogP) is 4.44. The van der Waals surface area contributed by atoms with Crippen molar-refractivity contribution < 1.29 is 0 Å². The number of aliphatic imine (C=N–C) groups is 2. The van der Waals surface area contributed by atoms with Gasteiger partial charge in [0.25, 0.3) is 0 Å².